The standard InChI is InChI=1S/C14H24O2/c1-4-5-6-7-8-9-10-11-12-16-14(15)13(2)3/h9-10H,2,4-8,11-12H2,1,3H3. The summed E-state index contributed by atoms with van der Waals surface area (Å²) in [4.78, 5) is 11.0. The fourth-order valence-corrected chi connectivity index (χ4v) is 1.27. The van der Waals surface area contributed by atoms with Crippen molar-refractivity contribution in [2.45, 2.75) is 52.4 Å². The van der Waals surface area contributed by atoms with Gasteiger partial charge in [-0.15, -0.1) is 0 Å². The number of carbonyl (C=O) groups is 1. The Labute approximate surface area is 99.4 Å². The molecular formula is C14H24O2. The number of allylic oxidation sites excluding steroid dienone is 1. The molecule has 0 fully saturated rings. The van der Waals surface area contributed by atoms with Gasteiger partial charge in [0.15, 0.2) is 0 Å². The summed E-state index contributed by atoms with van der Waals surface area (Å²) < 4.78 is 4.96. The van der Waals surface area contributed by atoms with Crippen molar-refractivity contribution < 1.29 is 9.53 Å². The maximum absolute atomic E-state index is 11.0. The third kappa shape index (κ3) is 9.50. The van der Waals surface area contributed by atoms with Crippen LogP contribution < -0.4 is 0 Å². The molecule has 0 unspecified atom stereocenters. The fraction of sp³-hybridized carbons (Fsp3) is 0.643. The van der Waals surface area contributed by atoms with Gasteiger partial charge in [0.2, 0.25) is 0 Å². The van der Waals surface area contributed by atoms with Gasteiger partial charge in [0, 0.05) is 5.57 Å². The van der Waals surface area contributed by atoms with Gasteiger partial charge in [0.05, 0.1) is 6.61 Å². The number of unbranched alkanes of at least 4 members (excludes halogenated alkanes) is 4. The number of hydrogen-bond donors (Lipinski definition) is 0. The molecule has 0 N–H and O–H groups in total. The van der Waals surface area contributed by atoms with Crippen LogP contribution in [0.25, 0.3) is 0 Å². The van der Waals surface area contributed by atoms with Gasteiger partial charge in [-0.05, 0) is 26.2 Å². The molecule has 0 heterocycles. The van der Waals surface area contributed by atoms with E-state index < -0.39 is 0 Å². The fourth-order valence-electron chi connectivity index (χ4n) is 1.27. The van der Waals surface area contributed by atoms with Crippen LogP contribution in [-0.2, 0) is 9.53 Å². The Morgan fingerprint density at radius 3 is 2.50 bits per heavy atom. The topological polar surface area (TPSA) is 26.3 Å². The molecule has 0 bridgehead atoms. The molecule has 16 heavy (non-hydrogen) atoms. The first-order valence-electron chi connectivity index (χ1n) is 6.16. The Kier molecular flexibility index (Phi) is 9.78. The molecule has 0 spiro atoms. The Morgan fingerprint density at radius 1 is 1.19 bits per heavy atom. The number of esters is 1. The van der Waals surface area contributed by atoms with Crippen LogP contribution in [0.5, 0.6) is 0 Å². The summed E-state index contributed by atoms with van der Waals surface area (Å²) in [7, 11) is 0. The predicted molar refractivity (Wildman–Crippen MR) is 68.3 cm³/mol. The highest BCUT2D eigenvalue weighted by Gasteiger charge is 2.00. The van der Waals surface area contributed by atoms with Crippen molar-refractivity contribution in [3.63, 3.8) is 0 Å². The van der Waals surface area contributed by atoms with Gasteiger partial charge in [-0.2, -0.15) is 0 Å². The molecule has 0 rings (SSSR count). The minimum absolute atomic E-state index is 0.295. The van der Waals surface area contributed by atoms with Gasteiger partial charge in [-0.25, -0.2) is 4.79 Å². The number of ether oxygens (including phenoxy) is 1. The zero-order valence-electron chi connectivity index (χ0n) is 10.6. The maximum atomic E-state index is 11.0. The average molecular weight is 224 g/mol. The van der Waals surface area contributed by atoms with Gasteiger partial charge >= 0.3 is 5.97 Å². The second-order valence-electron chi connectivity index (χ2n) is 4.03. The van der Waals surface area contributed by atoms with E-state index >= 15 is 0 Å². The summed E-state index contributed by atoms with van der Waals surface area (Å²) >= 11 is 0. The van der Waals surface area contributed by atoms with E-state index in [2.05, 4.69) is 25.7 Å². The van der Waals surface area contributed by atoms with Gasteiger partial charge in [-0.3, -0.25) is 0 Å². The summed E-state index contributed by atoms with van der Waals surface area (Å²) in [5.41, 5.74) is 0.462. The lowest BCUT2D eigenvalue weighted by atomic mass is 10.1. The van der Waals surface area contributed by atoms with Crippen molar-refractivity contribution in [1.29, 1.82) is 0 Å². The van der Waals surface area contributed by atoms with E-state index in [4.69, 9.17) is 4.74 Å². The molecule has 0 atom stereocenters. The zero-order valence-corrected chi connectivity index (χ0v) is 10.6. The Hall–Kier alpha value is -1.05. The molecule has 2 nitrogen and oxygen atoms in total. The normalized spacial score (nSPS) is 10.6. The van der Waals surface area contributed by atoms with Crippen LogP contribution >= 0.6 is 0 Å². The van der Waals surface area contributed by atoms with Crippen LogP contribution in [0.1, 0.15) is 52.4 Å². The lowest BCUT2D eigenvalue weighted by molar-refractivity contribution is -0.138. The lowest BCUT2D eigenvalue weighted by Crippen LogP contribution is -2.05. The van der Waals surface area contributed by atoms with E-state index in [0.717, 1.165) is 12.8 Å². The third-order valence-electron chi connectivity index (χ3n) is 2.26. The van der Waals surface area contributed by atoms with Crippen LogP contribution in [0.4, 0.5) is 0 Å². The van der Waals surface area contributed by atoms with Crippen LogP contribution in [0, 0.1) is 0 Å². The Balaban J connectivity index is 3.28. The molecule has 0 aliphatic rings. The maximum Gasteiger partial charge on any atom is 0.333 e. The molecule has 0 amide bonds. The van der Waals surface area contributed by atoms with Gasteiger partial charge in [0.25, 0.3) is 0 Å². The van der Waals surface area contributed by atoms with Crippen molar-refractivity contribution >= 4 is 5.97 Å². The first-order chi connectivity index (χ1) is 7.68. The molecule has 0 radical (unpaired) electrons. The molecule has 0 aliphatic heterocycles. The molecule has 0 aliphatic carbocycles. The van der Waals surface area contributed by atoms with Crippen molar-refractivity contribution in [1.82, 2.24) is 0 Å². The molecule has 0 saturated heterocycles. The van der Waals surface area contributed by atoms with Crippen molar-refractivity contribution in [3.05, 3.63) is 24.3 Å². The smallest absolute Gasteiger partial charge is 0.333 e. The largest absolute Gasteiger partial charge is 0.462 e. The second kappa shape index (κ2) is 10.5. The van der Waals surface area contributed by atoms with Crippen molar-refractivity contribution in [2.75, 3.05) is 6.61 Å². The summed E-state index contributed by atoms with van der Waals surface area (Å²) in [6.07, 6.45) is 11.4. The average Bonchev–Trinajstić information content (AvgIpc) is 2.26. The first kappa shape index (κ1) is 14.9. The summed E-state index contributed by atoms with van der Waals surface area (Å²) in [6.45, 7) is 7.85. The monoisotopic (exact) mass is 224 g/mol. The van der Waals surface area contributed by atoms with E-state index in [1.54, 1.807) is 6.92 Å². The van der Waals surface area contributed by atoms with Gasteiger partial charge in [0.1, 0.15) is 0 Å². The number of hydrogen-bond acceptors (Lipinski definition) is 2. The summed E-state index contributed by atoms with van der Waals surface area (Å²) in [5, 5.41) is 0. The van der Waals surface area contributed by atoms with Crippen LogP contribution in [-0.4, -0.2) is 12.6 Å². The highest BCUT2D eigenvalue weighted by Crippen LogP contribution is 2.03. The second-order valence-corrected chi connectivity index (χ2v) is 4.03. The molecule has 0 aromatic carbocycles. The minimum Gasteiger partial charge on any atom is -0.462 e. The third-order valence-corrected chi connectivity index (χ3v) is 2.26. The molecule has 0 aromatic heterocycles. The minimum atomic E-state index is -0.295. The zero-order chi connectivity index (χ0) is 12.2. The Bertz CT molecular complexity index is 229. The van der Waals surface area contributed by atoms with Crippen molar-refractivity contribution in [2.24, 2.45) is 0 Å². The van der Waals surface area contributed by atoms with E-state index in [0.29, 0.717) is 12.2 Å². The molecule has 0 aromatic rings. The van der Waals surface area contributed by atoms with Crippen LogP contribution in [0.15, 0.2) is 24.3 Å². The molecule has 92 valence electrons. The molecule has 2 heteroatoms. The van der Waals surface area contributed by atoms with E-state index in [1.165, 1.54) is 25.7 Å². The summed E-state index contributed by atoms with van der Waals surface area (Å²) in [5.74, 6) is -0.295. The van der Waals surface area contributed by atoms with E-state index in [1.807, 2.05) is 0 Å². The van der Waals surface area contributed by atoms with Gasteiger partial charge < -0.3 is 4.74 Å². The highest BCUT2D eigenvalue weighted by atomic mass is 16.5. The highest BCUT2D eigenvalue weighted by molar-refractivity contribution is 5.86. The van der Waals surface area contributed by atoms with Crippen molar-refractivity contribution in [3.8, 4) is 0 Å². The van der Waals surface area contributed by atoms with Gasteiger partial charge in [-0.1, -0.05) is 44.9 Å². The molecule has 0 saturated carbocycles. The Morgan fingerprint density at radius 2 is 1.88 bits per heavy atom. The summed E-state index contributed by atoms with van der Waals surface area (Å²) in [6, 6.07) is 0. The quantitative estimate of drug-likeness (QED) is 0.256. The van der Waals surface area contributed by atoms with Crippen LogP contribution in [0.3, 0.4) is 0 Å². The predicted octanol–water partition coefficient (Wildman–Crippen LogP) is 4.02. The van der Waals surface area contributed by atoms with E-state index in [9.17, 15) is 4.79 Å². The molecular weight excluding hydrogens is 200 g/mol. The number of rotatable bonds is 9. The first-order valence-corrected chi connectivity index (χ1v) is 6.16. The SMILES string of the molecule is C=C(C)C(=O)OCCC=CCCCCCC. The van der Waals surface area contributed by atoms with E-state index in [-0.39, 0.29) is 5.97 Å². The lowest BCUT2D eigenvalue weighted by Gasteiger charge is -2.00. The van der Waals surface area contributed by atoms with Crippen LogP contribution in [0.2, 0.25) is 0 Å². The number of carbonyl (C=O) groups excluding carboxylic acids is 1.